The molecule has 6 nitrogen and oxygen atoms in total. The highest BCUT2D eigenvalue weighted by Gasteiger charge is 2.26. The van der Waals surface area contributed by atoms with Crippen LogP contribution in [-0.2, 0) is 10.0 Å². The van der Waals surface area contributed by atoms with Gasteiger partial charge in [0.05, 0.1) is 6.26 Å². The van der Waals surface area contributed by atoms with E-state index in [2.05, 4.69) is 27.3 Å². The van der Waals surface area contributed by atoms with Gasteiger partial charge in [0.15, 0.2) is 5.96 Å². The van der Waals surface area contributed by atoms with Crippen molar-refractivity contribution >= 4 is 51.7 Å². The smallest absolute Gasteiger partial charge is 0.209 e. The molecule has 0 radical (unpaired) electrons. The van der Waals surface area contributed by atoms with Crippen LogP contribution in [0.1, 0.15) is 40.0 Å². The normalized spacial score (nSPS) is 22.6. The number of nitrogens with zero attached hydrogens (tertiary/aromatic N) is 1. The van der Waals surface area contributed by atoms with Crippen molar-refractivity contribution in [1.29, 1.82) is 0 Å². The van der Waals surface area contributed by atoms with E-state index in [-0.39, 0.29) is 24.0 Å². The summed E-state index contributed by atoms with van der Waals surface area (Å²) in [7, 11) is -1.49. The second-order valence-electron chi connectivity index (χ2n) is 6.42. The Labute approximate surface area is 162 Å². The van der Waals surface area contributed by atoms with Gasteiger partial charge in [-0.15, -0.1) is 24.0 Å². The van der Waals surface area contributed by atoms with Crippen molar-refractivity contribution in [3.63, 3.8) is 0 Å². The molecule has 0 aromatic heterocycles. The van der Waals surface area contributed by atoms with Gasteiger partial charge in [0, 0.05) is 30.4 Å². The molecular weight excluding hydrogens is 447 g/mol. The molecule has 0 bridgehead atoms. The van der Waals surface area contributed by atoms with E-state index in [1.807, 2.05) is 25.6 Å². The number of hydrogen-bond donors (Lipinski definition) is 3. The molecular formula is C14H31IN4O2S2. The molecule has 1 aliphatic carbocycles. The first-order valence-electron chi connectivity index (χ1n) is 7.73. The Hall–Kier alpha value is 0.260. The predicted octanol–water partition coefficient (Wildman–Crippen LogP) is 1.77. The first-order chi connectivity index (χ1) is 10.1. The van der Waals surface area contributed by atoms with Crippen LogP contribution in [0.25, 0.3) is 0 Å². The van der Waals surface area contributed by atoms with Crippen LogP contribution in [0.3, 0.4) is 0 Å². The summed E-state index contributed by atoms with van der Waals surface area (Å²) in [6.07, 6.45) is 4.73. The highest BCUT2D eigenvalue weighted by molar-refractivity contribution is 14.0. The van der Waals surface area contributed by atoms with Gasteiger partial charge in [-0.25, -0.2) is 13.1 Å². The fraction of sp³-hybridized carbons (Fsp3) is 0.929. The Morgan fingerprint density at radius 2 is 2.00 bits per heavy atom. The lowest BCUT2D eigenvalue weighted by Crippen LogP contribution is -2.53. The van der Waals surface area contributed by atoms with E-state index in [9.17, 15) is 8.42 Å². The zero-order valence-corrected chi connectivity index (χ0v) is 18.6. The summed E-state index contributed by atoms with van der Waals surface area (Å²) in [6, 6.07) is 0.446. The van der Waals surface area contributed by atoms with Gasteiger partial charge >= 0.3 is 0 Å². The molecule has 1 aliphatic rings. The third kappa shape index (κ3) is 9.98. The van der Waals surface area contributed by atoms with Crippen LogP contribution in [0.15, 0.2) is 4.99 Å². The van der Waals surface area contributed by atoms with E-state index in [1.54, 1.807) is 7.05 Å². The molecule has 0 spiro atoms. The molecule has 0 aliphatic heterocycles. The SMILES string of the molecule is CCSC1CCC(NC(=NC)NCC(C)(C)NS(C)(=O)=O)C1.I. The second-order valence-corrected chi connectivity index (χ2v) is 9.74. The molecule has 0 aromatic rings. The predicted molar refractivity (Wildman–Crippen MR) is 112 cm³/mol. The Morgan fingerprint density at radius 1 is 1.35 bits per heavy atom. The van der Waals surface area contributed by atoms with E-state index in [1.165, 1.54) is 12.7 Å². The maximum Gasteiger partial charge on any atom is 0.209 e. The van der Waals surface area contributed by atoms with Gasteiger partial charge < -0.3 is 10.6 Å². The lowest BCUT2D eigenvalue weighted by molar-refractivity contribution is 0.444. The van der Waals surface area contributed by atoms with E-state index < -0.39 is 15.6 Å². The summed E-state index contributed by atoms with van der Waals surface area (Å²) in [6.45, 7) is 6.36. The molecule has 0 aromatic carbocycles. The minimum atomic E-state index is -3.23. The number of rotatable bonds is 7. The van der Waals surface area contributed by atoms with Gasteiger partial charge in [-0.2, -0.15) is 11.8 Å². The fourth-order valence-electron chi connectivity index (χ4n) is 2.69. The van der Waals surface area contributed by atoms with Crippen LogP contribution < -0.4 is 15.4 Å². The summed E-state index contributed by atoms with van der Waals surface area (Å²) in [5.74, 6) is 1.89. The zero-order chi connectivity index (χ0) is 16.8. The van der Waals surface area contributed by atoms with Crippen molar-refractivity contribution in [3.05, 3.63) is 0 Å². The number of guanidine groups is 1. The number of sulfonamides is 1. The van der Waals surface area contributed by atoms with Crippen LogP contribution >= 0.6 is 35.7 Å². The number of nitrogens with one attached hydrogen (secondary N) is 3. The van der Waals surface area contributed by atoms with E-state index >= 15 is 0 Å². The largest absolute Gasteiger partial charge is 0.355 e. The Bertz CT molecular complexity index is 483. The lowest BCUT2D eigenvalue weighted by Gasteiger charge is -2.27. The van der Waals surface area contributed by atoms with E-state index in [0.29, 0.717) is 12.6 Å². The van der Waals surface area contributed by atoms with Crippen LogP contribution in [0.5, 0.6) is 0 Å². The fourth-order valence-corrected chi connectivity index (χ4v) is 4.91. The maximum absolute atomic E-state index is 11.4. The minimum Gasteiger partial charge on any atom is -0.355 e. The monoisotopic (exact) mass is 478 g/mol. The molecule has 2 atom stereocenters. The average molecular weight is 478 g/mol. The van der Waals surface area contributed by atoms with E-state index in [4.69, 9.17) is 0 Å². The highest BCUT2D eigenvalue weighted by Crippen LogP contribution is 2.29. The molecule has 1 rings (SSSR count). The highest BCUT2D eigenvalue weighted by atomic mass is 127. The van der Waals surface area contributed by atoms with E-state index in [0.717, 1.165) is 29.8 Å². The minimum absolute atomic E-state index is 0. The summed E-state index contributed by atoms with van der Waals surface area (Å²) in [4.78, 5) is 4.23. The maximum atomic E-state index is 11.4. The third-order valence-corrected chi connectivity index (χ3v) is 5.67. The van der Waals surface area contributed by atoms with Gasteiger partial charge in [0.2, 0.25) is 10.0 Å². The van der Waals surface area contributed by atoms with Gasteiger partial charge in [-0.3, -0.25) is 4.99 Å². The lowest BCUT2D eigenvalue weighted by atomic mass is 10.1. The van der Waals surface area contributed by atoms with Gasteiger partial charge in [-0.05, 0) is 38.9 Å². The van der Waals surface area contributed by atoms with Crippen LogP contribution in [0.4, 0.5) is 0 Å². The quantitative estimate of drug-likeness (QED) is 0.295. The Balaban J connectivity index is 0.00000484. The van der Waals surface area contributed by atoms with Gasteiger partial charge in [-0.1, -0.05) is 6.92 Å². The van der Waals surface area contributed by atoms with Crippen molar-refractivity contribution in [3.8, 4) is 0 Å². The Morgan fingerprint density at radius 3 is 2.52 bits per heavy atom. The molecule has 1 saturated carbocycles. The molecule has 9 heteroatoms. The van der Waals surface area contributed by atoms with Crippen molar-refractivity contribution in [2.75, 3.05) is 25.6 Å². The van der Waals surface area contributed by atoms with Gasteiger partial charge in [0.1, 0.15) is 0 Å². The summed E-state index contributed by atoms with van der Waals surface area (Å²) >= 11 is 2.02. The molecule has 0 saturated heterocycles. The molecule has 3 N–H and O–H groups in total. The zero-order valence-electron chi connectivity index (χ0n) is 14.7. The van der Waals surface area contributed by atoms with Crippen LogP contribution in [0.2, 0.25) is 0 Å². The van der Waals surface area contributed by atoms with Crippen molar-refractivity contribution < 1.29 is 8.42 Å². The number of halogens is 1. The Kier molecular flexibility index (Phi) is 10.4. The number of aliphatic imine (C=N–C) groups is 1. The molecule has 0 amide bonds. The summed E-state index contributed by atoms with van der Waals surface area (Å²) < 4.78 is 25.3. The van der Waals surface area contributed by atoms with Crippen molar-refractivity contribution in [2.45, 2.75) is 56.9 Å². The molecule has 1 fully saturated rings. The van der Waals surface area contributed by atoms with Crippen molar-refractivity contribution in [1.82, 2.24) is 15.4 Å². The first-order valence-corrected chi connectivity index (χ1v) is 10.7. The molecule has 2 unspecified atom stereocenters. The average Bonchev–Trinajstić information content (AvgIpc) is 2.79. The van der Waals surface area contributed by atoms with Crippen molar-refractivity contribution in [2.24, 2.45) is 4.99 Å². The third-order valence-electron chi connectivity index (χ3n) is 3.51. The summed E-state index contributed by atoms with van der Waals surface area (Å²) in [5, 5.41) is 7.39. The molecule has 23 heavy (non-hydrogen) atoms. The van der Waals surface area contributed by atoms with Crippen LogP contribution in [0, 0.1) is 0 Å². The van der Waals surface area contributed by atoms with Crippen LogP contribution in [-0.4, -0.2) is 56.8 Å². The standard InChI is InChI=1S/C14H30N4O2S2.HI/c1-6-21-12-8-7-11(9-12)17-13(15-4)16-10-14(2,3)18-22(5,19)20;/h11-12,18H,6-10H2,1-5H3,(H2,15,16,17);1H. The first kappa shape index (κ1) is 23.3. The number of thioether (sulfide) groups is 1. The molecule has 0 heterocycles. The molecule has 138 valence electrons. The number of hydrogen-bond acceptors (Lipinski definition) is 4. The van der Waals surface area contributed by atoms with Gasteiger partial charge in [0.25, 0.3) is 0 Å². The summed E-state index contributed by atoms with van der Waals surface area (Å²) in [5.41, 5.74) is -0.568. The second kappa shape index (κ2) is 10.3. The topological polar surface area (TPSA) is 82.6 Å².